The summed E-state index contributed by atoms with van der Waals surface area (Å²) in [7, 11) is 2.14. The van der Waals surface area contributed by atoms with Gasteiger partial charge in [0.2, 0.25) is 0 Å². The predicted octanol–water partition coefficient (Wildman–Crippen LogP) is 0.812. The largest absolute Gasteiger partial charge is 0.327 e. The summed E-state index contributed by atoms with van der Waals surface area (Å²) in [5.74, 6) is 0. The van der Waals surface area contributed by atoms with E-state index in [2.05, 4.69) is 29.1 Å². The van der Waals surface area contributed by atoms with Crippen molar-refractivity contribution in [3.05, 3.63) is 17.5 Å². The van der Waals surface area contributed by atoms with Crippen LogP contribution in [0.5, 0.6) is 0 Å². The molecule has 2 heterocycles. The summed E-state index contributed by atoms with van der Waals surface area (Å²) in [6.07, 6.45) is 4.19. The van der Waals surface area contributed by atoms with Crippen LogP contribution in [0.3, 0.4) is 0 Å². The average molecular weight is 194 g/mol. The van der Waals surface area contributed by atoms with Gasteiger partial charge in [-0.3, -0.25) is 10.00 Å². The Bertz CT molecular complexity index is 307. The first-order chi connectivity index (χ1) is 6.68. The predicted molar refractivity (Wildman–Crippen MR) is 55.9 cm³/mol. The van der Waals surface area contributed by atoms with Gasteiger partial charge in [0.25, 0.3) is 0 Å². The Balaban J connectivity index is 2.15. The van der Waals surface area contributed by atoms with Crippen LogP contribution in [0.25, 0.3) is 0 Å². The van der Waals surface area contributed by atoms with Crippen LogP contribution in [-0.2, 0) is 0 Å². The number of aryl methyl sites for hydroxylation is 1. The zero-order valence-electron chi connectivity index (χ0n) is 8.83. The molecule has 1 aliphatic rings. The summed E-state index contributed by atoms with van der Waals surface area (Å²) in [5, 5.41) is 7.06. The molecule has 1 fully saturated rings. The minimum Gasteiger partial charge on any atom is -0.327 e. The number of nitrogens with zero attached hydrogens (tertiary/aromatic N) is 2. The number of hydrogen-bond donors (Lipinski definition) is 2. The second-order valence-electron chi connectivity index (χ2n) is 4.24. The molecule has 0 bridgehead atoms. The highest BCUT2D eigenvalue weighted by Crippen LogP contribution is 2.29. The van der Waals surface area contributed by atoms with E-state index in [1.807, 2.05) is 6.20 Å². The van der Waals surface area contributed by atoms with E-state index in [0.29, 0.717) is 12.1 Å². The Morgan fingerprint density at radius 2 is 2.36 bits per heavy atom. The maximum absolute atomic E-state index is 5.91. The smallest absolute Gasteiger partial charge is 0.0538 e. The van der Waals surface area contributed by atoms with E-state index < -0.39 is 0 Å². The summed E-state index contributed by atoms with van der Waals surface area (Å²) in [4.78, 5) is 2.33. The van der Waals surface area contributed by atoms with Gasteiger partial charge in [-0.05, 0) is 26.8 Å². The van der Waals surface area contributed by atoms with Gasteiger partial charge in [-0.1, -0.05) is 0 Å². The molecule has 0 radical (unpaired) electrons. The van der Waals surface area contributed by atoms with E-state index >= 15 is 0 Å². The topological polar surface area (TPSA) is 57.9 Å². The molecule has 4 heteroatoms. The lowest BCUT2D eigenvalue weighted by atomic mass is 9.94. The van der Waals surface area contributed by atoms with Crippen LogP contribution in [0.1, 0.15) is 30.1 Å². The molecule has 3 N–H and O–H groups in total. The second-order valence-corrected chi connectivity index (χ2v) is 4.24. The summed E-state index contributed by atoms with van der Waals surface area (Å²) >= 11 is 0. The molecule has 78 valence electrons. The molecular formula is C10H18N4. The number of piperidine rings is 1. The number of rotatable bonds is 1. The lowest BCUT2D eigenvalue weighted by Gasteiger charge is -2.35. The number of nitrogens with two attached hydrogens (primary N) is 1. The highest BCUT2D eigenvalue weighted by atomic mass is 15.2. The molecule has 2 unspecified atom stereocenters. The fourth-order valence-electron chi connectivity index (χ4n) is 2.27. The molecule has 0 amide bonds. The summed E-state index contributed by atoms with van der Waals surface area (Å²) < 4.78 is 0. The third kappa shape index (κ3) is 1.67. The molecule has 4 nitrogen and oxygen atoms in total. The van der Waals surface area contributed by atoms with Crippen LogP contribution in [-0.4, -0.2) is 34.7 Å². The Kier molecular flexibility index (Phi) is 2.56. The average Bonchev–Trinajstić information content (AvgIpc) is 2.52. The van der Waals surface area contributed by atoms with Crippen LogP contribution < -0.4 is 5.73 Å². The molecule has 1 aromatic heterocycles. The van der Waals surface area contributed by atoms with Crippen molar-refractivity contribution in [3.63, 3.8) is 0 Å². The van der Waals surface area contributed by atoms with E-state index in [4.69, 9.17) is 5.73 Å². The van der Waals surface area contributed by atoms with Gasteiger partial charge < -0.3 is 5.73 Å². The highest BCUT2D eigenvalue weighted by Gasteiger charge is 2.26. The summed E-state index contributed by atoms with van der Waals surface area (Å²) in [6.45, 7) is 3.06. The van der Waals surface area contributed by atoms with Crippen molar-refractivity contribution < 1.29 is 0 Å². The molecule has 1 aromatic rings. The summed E-state index contributed by atoms with van der Waals surface area (Å²) in [5.41, 5.74) is 8.41. The second kappa shape index (κ2) is 3.71. The Labute approximate surface area is 84.5 Å². The maximum atomic E-state index is 5.91. The molecular weight excluding hydrogens is 176 g/mol. The van der Waals surface area contributed by atoms with Crippen molar-refractivity contribution in [1.29, 1.82) is 0 Å². The zero-order chi connectivity index (χ0) is 10.1. The molecule has 2 atom stereocenters. The number of H-pyrrole nitrogens is 1. The van der Waals surface area contributed by atoms with Crippen molar-refractivity contribution >= 4 is 0 Å². The van der Waals surface area contributed by atoms with Gasteiger partial charge in [0, 0.05) is 29.9 Å². The lowest BCUT2D eigenvalue weighted by molar-refractivity contribution is 0.169. The van der Waals surface area contributed by atoms with Crippen molar-refractivity contribution in [3.8, 4) is 0 Å². The molecule has 0 saturated carbocycles. The van der Waals surface area contributed by atoms with Gasteiger partial charge in [-0.15, -0.1) is 0 Å². The van der Waals surface area contributed by atoms with Crippen LogP contribution >= 0.6 is 0 Å². The Morgan fingerprint density at radius 1 is 1.57 bits per heavy atom. The zero-order valence-corrected chi connectivity index (χ0v) is 8.83. The van der Waals surface area contributed by atoms with Gasteiger partial charge >= 0.3 is 0 Å². The van der Waals surface area contributed by atoms with Gasteiger partial charge in [-0.25, -0.2) is 0 Å². The third-order valence-corrected chi connectivity index (χ3v) is 3.09. The SMILES string of the molecule is Cc1[nH]ncc1C1CCC(N)CN1C. The van der Waals surface area contributed by atoms with E-state index in [1.165, 1.54) is 11.3 Å². The highest BCUT2D eigenvalue weighted by molar-refractivity contribution is 5.20. The van der Waals surface area contributed by atoms with E-state index in [9.17, 15) is 0 Å². The maximum Gasteiger partial charge on any atom is 0.0538 e. The Hall–Kier alpha value is -0.870. The number of likely N-dealkylation sites (tertiary alicyclic amines) is 1. The van der Waals surface area contributed by atoms with Crippen LogP contribution in [0.4, 0.5) is 0 Å². The number of aromatic amines is 1. The Morgan fingerprint density at radius 3 is 2.93 bits per heavy atom. The van der Waals surface area contributed by atoms with E-state index in [0.717, 1.165) is 19.4 Å². The quantitative estimate of drug-likeness (QED) is 0.695. The van der Waals surface area contributed by atoms with Crippen molar-refractivity contribution in [2.24, 2.45) is 5.73 Å². The van der Waals surface area contributed by atoms with E-state index in [-0.39, 0.29) is 0 Å². The number of hydrogen-bond acceptors (Lipinski definition) is 3. The molecule has 2 rings (SSSR count). The fraction of sp³-hybridized carbons (Fsp3) is 0.700. The van der Waals surface area contributed by atoms with Crippen molar-refractivity contribution in [1.82, 2.24) is 15.1 Å². The number of likely N-dealkylation sites (N-methyl/N-ethyl adjacent to an activating group) is 1. The minimum absolute atomic E-state index is 0.337. The first kappa shape index (κ1) is 9.68. The molecule has 0 aromatic carbocycles. The molecule has 14 heavy (non-hydrogen) atoms. The first-order valence-corrected chi connectivity index (χ1v) is 5.14. The lowest BCUT2D eigenvalue weighted by Crippen LogP contribution is -2.42. The molecule has 0 spiro atoms. The van der Waals surface area contributed by atoms with Gasteiger partial charge in [0.1, 0.15) is 0 Å². The van der Waals surface area contributed by atoms with Crippen LogP contribution in [0, 0.1) is 6.92 Å². The first-order valence-electron chi connectivity index (χ1n) is 5.14. The monoisotopic (exact) mass is 194 g/mol. The normalized spacial score (nSPS) is 29.4. The van der Waals surface area contributed by atoms with Gasteiger partial charge in [0.05, 0.1) is 6.20 Å². The van der Waals surface area contributed by atoms with Crippen molar-refractivity contribution in [2.45, 2.75) is 31.8 Å². The van der Waals surface area contributed by atoms with Crippen LogP contribution in [0.2, 0.25) is 0 Å². The third-order valence-electron chi connectivity index (χ3n) is 3.09. The van der Waals surface area contributed by atoms with Crippen molar-refractivity contribution in [2.75, 3.05) is 13.6 Å². The van der Waals surface area contributed by atoms with E-state index in [1.54, 1.807) is 0 Å². The molecule has 0 aliphatic carbocycles. The fourth-order valence-corrected chi connectivity index (χ4v) is 2.27. The molecule has 1 saturated heterocycles. The minimum atomic E-state index is 0.337. The summed E-state index contributed by atoms with van der Waals surface area (Å²) in [6, 6.07) is 0.831. The van der Waals surface area contributed by atoms with Crippen LogP contribution in [0.15, 0.2) is 6.20 Å². The molecule has 1 aliphatic heterocycles. The standard InChI is InChI=1S/C10H18N4/c1-7-9(5-12-13-7)10-4-3-8(11)6-14(10)2/h5,8,10H,3-4,6,11H2,1-2H3,(H,12,13). The van der Waals surface area contributed by atoms with Gasteiger partial charge in [-0.2, -0.15) is 5.10 Å². The number of nitrogens with one attached hydrogen (secondary N) is 1. The van der Waals surface area contributed by atoms with Gasteiger partial charge in [0.15, 0.2) is 0 Å². The number of aromatic nitrogens is 2.